The fraction of sp³-hybridized carbons (Fsp3) is 0.361. The molecule has 3 aromatic carbocycles. The van der Waals surface area contributed by atoms with Crippen LogP contribution < -0.4 is 9.47 Å². The zero-order valence-electron chi connectivity index (χ0n) is 28.0. The minimum absolute atomic E-state index is 0.0189. The summed E-state index contributed by atoms with van der Waals surface area (Å²) in [4.78, 5) is 12.4. The highest BCUT2D eigenvalue weighted by Gasteiger charge is 2.47. The Balaban J connectivity index is 1.26. The minimum atomic E-state index is -1.88. The molecule has 2 saturated heterocycles. The molecule has 3 aromatic rings. The second-order valence-electron chi connectivity index (χ2n) is 12.7. The molecule has 0 spiro atoms. The van der Waals surface area contributed by atoms with Crippen LogP contribution in [-0.4, -0.2) is 137 Å². The van der Waals surface area contributed by atoms with E-state index in [1.165, 1.54) is 36.4 Å². The van der Waals surface area contributed by atoms with Crippen LogP contribution in [0.2, 0.25) is 0 Å². The number of phenols is 4. The quantitative estimate of drug-likeness (QED) is 0.0688. The smallest absolute Gasteiger partial charge is 0.330 e. The van der Waals surface area contributed by atoms with Crippen molar-refractivity contribution in [2.24, 2.45) is 0 Å². The Labute approximate surface area is 305 Å². The van der Waals surface area contributed by atoms with Gasteiger partial charge in [-0.25, -0.2) is 4.79 Å². The lowest BCUT2D eigenvalue weighted by Gasteiger charge is -2.41. The number of carbonyl (C=O) groups excluding carboxylic acids is 1. The second-order valence-corrected chi connectivity index (χ2v) is 12.7. The van der Waals surface area contributed by atoms with E-state index in [4.69, 9.17) is 28.4 Å². The molecule has 0 saturated carbocycles. The van der Waals surface area contributed by atoms with Crippen LogP contribution in [0.25, 0.3) is 12.2 Å². The van der Waals surface area contributed by atoms with Crippen LogP contribution in [0.1, 0.15) is 22.8 Å². The summed E-state index contributed by atoms with van der Waals surface area (Å²) in [6, 6.07) is 11.9. The fourth-order valence-corrected chi connectivity index (χ4v) is 5.90. The van der Waals surface area contributed by atoms with Crippen LogP contribution in [-0.2, 0) is 23.7 Å². The zero-order valence-corrected chi connectivity index (χ0v) is 28.0. The van der Waals surface area contributed by atoms with Crippen molar-refractivity contribution in [2.45, 2.75) is 67.5 Å². The number of hydrogen-bond donors (Lipinski definition) is 11. The van der Waals surface area contributed by atoms with Crippen molar-refractivity contribution in [2.75, 3.05) is 13.2 Å². The number of rotatable bonds is 10. The van der Waals surface area contributed by atoms with Gasteiger partial charge in [0.2, 0.25) is 12.6 Å². The lowest BCUT2D eigenvalue weighted by molar-refractivity contribution is -0.293. The van der Waals surface area contributed by atoms with E-state index in [1.54, 1.807) is 12.1 Å². The Morgan fingerprint density at radius 3 is 2.02 bits per heavy atom. The van der Waals surface area contributed by atoms with E-state index in [1.807, 2.05) is 0 Å². The predicted octanol–water partition coefficient (Wildman–Crippen LogP) is -0.757. The molecule has 1 unspecified atom stereocenters. The summed E-state index contributed by atoms with van der Waals surface area (Å²) in [6.07, 6.45) is -14.5. The van der Waals surface area contributed by atoms with Gasteiger partial charge in [0, 0.05) is 23.8 Å². The van der Waals surface area contributed by atoms with Crippen LogP contribution in [0.15, 0.2) is 66.4 Å². The maximum atomic E-state index is 12.4. The molecule has 290 valence electrons. The summed E-state index contributed by atoms with van der Waals surface area (Å²) >= 11 is 0. The number of ether oxygens (including phenoxy) is 6. The Hall–Kier alpha value is -5.15. The third-order valence-electron chi connectivity index (χ3n) is 8.89. The first kappa shape index (κ1) is 38.6. The summed E-state index contributed by atoms with van der Waals surface area (Å²) in [5.41, 5.74) is 0.772. The van der Waals surface area contributed by atoms with E-state index in [2.05, 4.69) is 0 Å². The average molecular weight is 759 g/mol. The number of esters is 1. The van der Waals surface area contributed by atoms with Crippen molar-refractivity contribution >= 4 is 18.1 Å². The molecule has 6 rings (SSSR count). The van der Waals surface area contributed by atoms with Gasteiger partial charge in [0.25, 0.3) is 0 Å². The van der Waals surface area contributed by atoms with E-state index in [0.29, 0.717) is 5.56 Å². The largest absolute Gasteiger partial charge is 0.508 e. The maximum Gasteiger partial charge on any atom is 0.330 e. The molecule has 0 aliphatic carbocycles. The Bertz CT molecular complexity index is 1860. The van der Waals surface area contributed by atoms with Gasteiger partial charge in [0.05, 0.1) is 12.2 Å². The molecule has 0 bridgehead atoms. The van der Waals surface area contributed by atoms with Crippen LogP contribution in [0, 0.1) is 0 Å². The molecule has 3 aliphatic rings. The number of hydrogen-bond acceptors (Lipinski definition) is 18. The third kappa shape index (κ3) is 8.16. The number of aromatic hydroxyl groups is 4. The number of carbonyl (C=O) groups is 1. The van der Waals surface area contributed by atoms with Crippen LogP contribution in [0.5, 0.6) is 34.5 Å². The molecule has 3 heterocycles. The zero-order chi connectivity index (χ0) is 38.8. The summed E-state index contributed by atoms with van der Waals surface area (Å²) in [7, 11) is 0. The predicted molar refractivity (Wildman–Crippen MR) is 179 cm³/mol. The second kappa shape index (κ2) is 16.1. The molecule has 54 heavy (non-hydrogen) atoms. The number of aliphatic hydroxyl groups is 7. The number of aliphatic hydroxyl groups excluding tert-OH is 7. The van der Waals surface area contributed by atoms with Crippen molar-refractivity contribution in [1.82, 2.24) is 0 Å². The molecule has 18 heteroatoms. The first-order chi connectivity index (χ1) is 25.7. The van der Waals surface area contributed by atoms with E-state index in [9.17, 15) is 61.0 Å². The first-order valence-electron chi connectivity index (χ1n) is 16.5. The van der Waals surface area contributed by atoms with Gasteiger partial charge >= 0.3 is 5.97 Å². The monoisotopic (exact) mass is 758 g/mol. The molecule has 0 radical (unpaired) electrons. The lowest BCUT2D eigenvalue weighted by atomic mass is 9.98. The highest BCUT2D eigenvalue weighted by molar-refractivity contribution is 5.87. The van der Waals surface area contributed by atoms with Gasteiger partial charge in [0.1, 0.15) is 84.2 Å². The first-order valence-corrected chi connectivity index (χ1v) is 16.5. The van der Waals surface area contributed by atoms with E-state index in [-0.39, 0.29) is 34.1 Å². The Morgan fingerprint density at radius 2 is 1.35 bits per heavy atom. The number of phenolic OH excluding ortho intramolecular Hbond substituents is 4. The molecule has 2 fully saturated rings. The van der Waals surface area contributed by atoms with Gasteiger partial charge in [-0.15, -0.1) is 0 Å². The van der Waals surface area contributed by atoms with E-state index >= 15 is 0 Å². The van der Waals surface area contributed by atoms with E-state index < -0.39 is 104 Å². The molecule has 18 nitrogen and oxygen atoms in total. The summed E-state index contributed by atoms with van der Waals surface area (Å²) in [6.45, 7) is -1.35. The normalized spacial score (nSPS) is 30.9. The Kier molecular flexibility index (Phi) is 11.5. The molecule has 0 aromatic heterocycles. The number of fused-ring (bicyclic) bond motifs is 1. The van der Waals surface area contributed by atoms with Gasteiger partial charge < -0.3 is 84.6 Å². The fourth-order valence-electron chi connectivity index (χ4n) is 5.90. The van der Waals surface area contributed by atoms with E-state index in [0.717, 1.165) is 24.3 Å². The van der Waals surface area contributed by atoms with Crippen LogP contribution in [0.4, 0.5) is 0 Å². The van der Waals surface area contributed by atoms with Crippen molar-refractivity contribution in [3.05, 3.63) is 83.1 Å². The van der Waals surface area contributed by atoms with Gasteiger partial charge in [-0.2, -0.15) is 0 Å². The summed E-state index contributed by atoms with van der Waals surface area (Å²) < 4.78 is 34.4. The highest BCUT2D eigenvalue weighted by atomic mass is 16.7. The number of benzene rings is 3. The van der Waals surface area contributed by atoms with Crippen LogP contribution >= 0.6 is 0 Å². The topological polar surface area (TPSA) is 295 Å². The molecule has 11 atom stereocenters. The standard InChI is InChI=1S/C36H38O18/c37-13-25-28(43)30(45)32(47)36(53-25)52-24-12-19-22(50-34(24)16-4-7-20(40)21(41)9-16)10-18(39)11-23(19)51-35-33(48)31(46)29(44)26(54-35)14-49-27(42)8-3-15-1-5-17(38)6-2-15/h1-12,25-26,28-41,43-48H,13-14H2/b8-3+/t25-,26-,28-,29+,30+,31-,32+,33+,34?,35+,36+/m0/s1. The SMILES string of the molecule is O=C(/C=C/c1ccc(O)cc1)OC[C@@H]1O[C@@H](Oc2cc(O)cc3c2C=C(O[C@@H]2O[C@@H](CO)[C@H](O)[C@@H](O)[C@H]2O)C(c2ccc(O)c(O)c2)O3)[C@H](O)[C@@H](O)[C@@H]1O. The Morgan fingerprint density at radius 1 is 0.704 bits per heavy atom. The molecule has 11 N–H and O–H groups in total. The van der Waals surface area contributed by atoms with Crippen molar-refractivity contribution in [1.29, 1.82) is 0 Å². The van der Waals surface area contributed by atoms with Gasteiger partial charge in [-0.05, 0) is 42.0 Å². The molecule has 3 aliphatic heterocycles. The minimum Gasteiger partial charge on any atom is -0.508 e. The molecule has 0 amide bonds. The molecular weight excluding hydrogens is 720 g/mol. The lowest BCUT2D eigenvalue weighted by Crippen LogP contribution is -2.60. The van der Waals surface area contributed by atoms with Crippen molar-refractivity contribution in [3.8, 4) is 34.5 Å². The summed E-state index contributed by atoms with van der Waals surface area (Å²) in [5, 5.41) is 113. The van der Waals surface area contributed by atoms with Gasteiger partial charge in [-0.1, -0.05) is 18.2 Å². The highest BCUT2D eigenvalue weighted by Crippen LogP contribution is 2.46. The average Bonchev–Trinajstić information content (AvgIpc) is 3.15. The van der Waals surface area contributed by atoms with Crippen LogP contribution in [0.3, 0.4) is 0 Å². The van der Waals surface area contributed by atoms with Gasteiger partial charge in [0.15, 0.2) is 17.6 Å². The van der Waals surface area contributed by atoms with Crippen molar-refractivity contribution in [3.63, 3.8) is 0 Å². The third-order valence-corrected chi connectivity index (χ3v) is 8.89. The maximum absolute atomic E-state index is 12.4. The van der Waals surface area contributed by atoms with Gasteiger partial charge in [-0.3, -0.25) is 0 Å². The molecular formula is C36H38O18. The summed E-state index contributed by atoms with van der Waals surface area (Å²) in [5.74, 6) is -2.71. The van der Waals surface area contributed by atoms with Crippen molar-refractivity contribution < 1.29 is 89.4 Å².